The van der Waals surface area contributed by atoms with Crippen LogP contribution in [0.5, 0.6) is 0 Å². The van der Waals surface area contributed by atoms with Crippen LogP contribution in [-0.4, -0.2) is 50.7 Å². The molecule has 8 heteroatoms. The molecule has 0 aliphatic carbocycles. The zero-order valence-electron chi connectivity index (χ0n) is 13.7. The molecule has 0 heterocycles. The summed E-state index contributed by atoms with van der Waals surface area (Å²) in [6.07, 6.45) is 0. The van der Waals surface area contributed by atoms with Crippen molar-refractivity contribution in [1.29, 1.82) is 0 Å². The molecule has 0 radical (unpaired) electrons. The highest BCUT2D eigenvalue weighted by molar-refractivity contribution is 7.80. The Morgan fingerprint density at radius 1 is 0.957 bits per heavy atom. The third-order valence-electron chi connectivity index (χ3n) is 2.93. The first-order valence-electron chi connectivity index (χ1n) is 7.25. The molecule has 0 fully saturated rings. The third-order valence-corrected chi connectivity index (χ3v) is 3.42. The predicted octanol–water partition coefficient (Wildman–Crippen LogP) is 1.86. The van der Waals surface area contributed by atoms with Crippen molar-refractivity contribution in [3.63, 3.8) is 0 Å². The topological polar surface area (TPSA) is 66.6 Å². The first-order chi connectivity index (χ1) is 11.1. The number of hydrogen-bond donors (Lipinski definition) is 4. The summed E-state index contributed by atoms with van der Waals surface area (Å²) in [6, 6.07) is 5.93. The number of methoxy groups -OCH3 is 2. The fourth-order valence-electron chi connectivity index (χ4n) is 1.71. The van der Waals surface area contributed by atoms with Crippen LogP contribution in [0.4, 0.5) is 11.4 Å². The van der Waals surface area contributed by atoms with Gasteiger partial charge in [-0.15, -0.1) is 0 Å². The van der Waals surface area contributed by atoms with Crippen molar-refractivity contribution < 1.29 is 9.47 Å². The number of anilines is 2. The predicted molar refractivity (Wildman–Crippen MR) is 103 cm³/mol. The smallest absolute Gasteiger partial charge is 0.170 e. The van der Waals surface area contributed by atoms with Crippen molar-refractivity contribution in [2.24, 2.45) is 0 Å². The number of rotatable bonds is 8. The van der Waals surface area contributed by atoms with Crippen molar-refractivity contribution >= 4 is 46.0 Å². The molecule has 128 valence electrons. The van der Waals surface area contributed by atoms with Gasteiger partial charge >= 0.3 is 0 Å². The maximum Gasteiger partial charge on any atom is 0.170 e. The third kappa shape index (κ3) is 8.08. The van der Waals surface area contributed by atoms with Crippen LogP contribution in [0.1, 0.15) is 5.56 Å². The largest absolute Gasteiger partial charge is 0.383 e. The Kier molecular flexibility index (Phi) is 9.46. The Balaban J connectivity index is 2.57. The summed E-state index contributed by atoms with van der Waals surface area (Å²) in [5.41, 5.74) is 2.89. The van der Waals surface area contributed by atoms with Gasteiger partial charge in [0.05, 0.1) is 13.2 Å². The fourth-order valence-corrected chi connectivity index (χ4v) is 2.14. The fraction of sp³-hybridized carbons (Fsp3) is 0.467. The van der Waals surface area contributed by atoms with Gasteiger partial charge in [0.2, 0.25) is 0 Å². The van der Waals surface area contributed by atoms with Gasteiger partial charge < -0.3 is 30.7 Å². The van der Waals surface area contributed by atoms with E-state index < -0.39 is 0 Å². The van der Waals surface area contributed by atoms with Crippen molar-refractivity contribution in [3.05, 3.63) is 23.8 Å². The van der Waals surface area contributed by atoms with E-state index in [0.717, 1.165) is 16.9 Å². The molecular formula is C15H24N4O2S2. The first kappa shape index (κ1) is 19.6. The van der Waals surface area contributed by atoms with Gasteiger partial charge in [-0.3, -0.25) is 0 Å². The molecule has 0 bridgehead atoms. The van der Waals surface area contributed by atoms with Crippen LogP contribution in [0.3, 0.4) is 0 Å². The van der Waals surface area contributed by atoms with Crippen LogP contribution in [0.15, 0.2) is 18.2 Å². The van der Waals surface area contributed by atoms with Gasteiger partial charge in [0.15, 0.2) is 10.2 Å². The molecule has 1 aromatic rings. The molecule has 0 saturated carbocycles. The minimum Gasteiger partial charge on any atom is -0.383 e. The average molecular weight is 357 g/mol. The minimum absolute atomic E-state index is 0.553. The molecule has 1 rings (SSSR count). The van der Waals surface area contributed by atoms with Crippen LogP contribution in [0.25, 0.3) is 0 Å². The van der Waals surface area contributed by atoms with Crippen LogP contribution >= 0.6 is 24.4 Å². The van der Waals surface area contributed by atoms with Gasteiger partial charge in [0.25, 0.3) is 0 Å². The second-order valence-corrected chi connectivity index (χ2v) is 5.59. The molecule has 0 aromatic heterocycles. The summed E-state index contributed by atoms with van der Waals surface area (Å²) in [4.78, 5) is 0. The minimum atomic E-state index is 0.553. The normalized spacial score (nSPS) is 10.0. The van der Waals surface area contributed by atoms with Crippen molar-refractivity contribution in [2.45, 2.75) is 6.92 Å². The number of benzene rings is 1. The average Bonchev–Trinajstić information content (AvgIpc) is 2.51. The Morgan fingerprint density at radius 3 is 2.09 bits per heavy atom. The second kappa shape index (κ2) is 11.1. The molecule has 1 aromatic carbocycles. The van der Waals surface area contributed by atoms with Crippen LogP contribution < -0.4 is 21.3 Å². The van der Waals surface area contributed by atoms with Gasteiger partial charge in [-0.2, -0.15) is 0 Å². The first-order valence-corrected chi connectivity index (χ1v) is 8.06. The zero-order chi connectivity index (χ0) is 17.1. The number of aryl methyl sites for hydroxylation is 1. The molecular weight excluding hydrogens is 332 g/mol. The van der Waals surface area contributed by atoms with E-state index >= 15 is 0 Å². The highest BCUT2D eigenvalue weighted by atomic mass is 32.1. The van der Waals surface area contributed by atoms with Crippen molar-refractivity contribution in [1.82, 2.24) is 10.6 Å². The second-order valence-electron chi connectivity index (χ2n) is 4.78. The van der Waals surface area contributed by atoms with Crippen molar-refractivity contribution in [2.75, 3.05) is 51.2 Å². The highest BCUT2D eigenvalue weighted by Gasteiger charge is 2.04. The van der Waals surface area contributed by atoms with Crippen molar-refractivity contribution in [3.8, 4) is 0 Å². The Morgan fingerprint density at radius 2 is 1.52 bits per heavy atom. The lowest BCUT2D eigenvalue weighted by Crippen LogP contribution is -2.32. The standard InChI is InChI=1S/C15H24N4O2S2/c1-11-4-5-12(18-14(22)16-6-8-20-2)10-13(11)19-15(23)17-7-9-21-3/h4-5,10H,6-9H2,1-3H3,(H2,16,18,22)(H2,17,19,23). The van der Waals surface area contributed by atoms with Gasteiger partial charge in [0.1, 0.15) is 0 Å². The number of thiocarbonyl (C=S) groups is 2. The quantitative estimate of drug-likeness (QED) is 0.416. The Labute approximate surface area is 148 Å². The summed E-state index contributed by atoms with van der Waals surface area (Å²) in [6.45, 7) is 4.53. The molecule has 0 saturated heterocycles. The summed E-state index contributed by atoms with van der Waals surface area (Å²) >= 11 is 10.5. The maximum absolute atomic E-state index is 5.26. The van der Waals surface area contributed by atoms with E-state index in [1.165, 1.54) is 0 Å². The van der Waals surface area contributed by atoms with E-state index in [4.69, 9.17) is 33.9 Å². The van der Waals surface area contributed by atoms with Crippen LogP contribution in [0, 0.1) is 6.92 Å². The summed E-state index contributed by atoms with van der Waals surface area (Å²) < 4.78 is 9.95. The Bertz CT molecular complexity index is 526. The molecule has 23 heavy (non-hydrogen) atoms. The molecule has 4 N–H and O–H groups in total. The van der Waals surface area contributed by atoms with E-state index in [2.05, 4.69) is 21.3 Å². The molecule has 0 unspecified atom stereocenters. The summed E-state index contributed by atoms with van der Waals surface area (Å²) in [7, 11) is 3.31. The maximum atomic E-state index is 5.26. The number of ether oxygens (including phenoxy) is 2. The van der Waals surface area contributed by atoms with Gasteiger partial charge in [-0.1, -0.05) is 6.07 Å². The molecule has 0 aliphatic heterocycles. The zero-order valence-corrected chi connectivity index (χ0v) is 15.3. The van der Waals surface area contributed by atoms with E-state index in [1.807, 2.05) is 25.1 Å². The van der Waals surface area contributed by atoms with Gasteiger partial charge in [0, 0.05) is 38.7 Å². The van der Waals surface area contributed by atoms with E-state index in [9.17, 15) is 0 Å². The van der Waals surface area contributed by atoms with E-state index in [0.29, 0.717) is 36.5 Å². The molecule has 6 nitrogen and oxygen atoms in total. The number of hydrogen-bond acceptors (Lipinski definition) is 4. The molecule has 0 spiro atoms. The Hall–Kier alpha value is -1.48. The molecule has 0 aliphatic rings. The molecule has 0 amide bonds. The molecule has 0 atom stereocenters. The lowest BCUT2D eigenvalue weighted by molar-refractivity contribution is 0.204. The van der Waals surface area contributed by atoms with Crippen LogP contribution in [0.2, 0.25) is 0 Å². The van der Waals surface area contributed by atoms with E-state index in [1.54, 1.807) is 14.2 Å². The number of nitrogens with one attached hydrogen (secondary N) is 4. The lowest BCUT2D eigenvalue weighted by Gasteiger charge is -2.15. The monoisotopic (exact) mass is 356 g/mol. The summed E-state index contributed by atoms with van der Waals surface area (Å²) in [5.74, 6) is 0. The van der Waals surface area contributed by atoms with E-state index in [-0.39, 0.29) is 0 Å². The summed E-state index contributed by atoms with van der Waals surface area (Å²) in [5, 5.41) is 13.6. The van der Waals surface area contributed by atoms with Gasteiger partial charge in [-0.25, -0.2) is 0 Å². The van der Waals surface area contributed by atoms with Crippen LogP contribution in [-0.2, 0) is 9.47 Å². The SMILES string of the molecule is COCCNC(=S)Nc1ccc(C)c(NC(=S)NCCOC)c1. The lowest BCUT2D eigenvalue weighted by atomic mass is 10.2. The highest BCUT2D eigenvalue weighted by Crippen LogP contribution is 2.20. The van der Waals surface area contributed by atoms with Gasteiger partial charge in [-0.05, 0) is 49.1 Å².